The van der Waals surface area contributed by atoms with Gasteiger partial charge in [0.05, 0.1) is 19.1 Å². The van der Waals surface area contributed by atoms with Crippen LogP contribution in [0.5, 0.6) is 5.75 Å². The Kier molecular flexibility index (Phi) is 5.86. The molecule has 2 heterocycles. The van der Waals surface area contributed by atoms with Gasteiger partial charge < -0.3 is 15.0 Å². The fourth-order valence-corrected chi connectivity index (χ4v) is 4.71. The Bertz CT molecular complexity index is 1010. The molecule has 3 aromatic rings. The lowest BCUT2D eigenvalue weighted by Gasteiger charge is -2.27. The zero-order valence-corrected chi connectivity index (χ0v) is 17.8. The molecule has 0 spiro atoms. The van der Waals surface area contributed by atoms with Crippen molar-refractivity contribution in [2.24, 2.45) is 5.92 Å². The second-order valence-corrected chi connectivity index (χ2v) is 8.42. The zero-order chi connectivity index (χ0) is 21.1. The zero-order valence-electron chi connectivity index (χ0n) is 17.0. The highest BCUT2D eigenvalue weighted by molar-refractivity contribution is 7.10. The molecule has 0 unspecified atom stereocenters. The van der Waals surface area contributed by atoms with Gasteiger partial charge in [-0.1, -0.05) is 35.9 Å². The number of benzene rings is 2. The molecule has 0 bridgehead atoms. The van der Waals surface area contributed by atoms with Crippen LogP contribution in [0.25, 0.3) is 0 Å². The molecule has 1 N–H and O–H groups in total. The monoisotopic (exact) mass is 420 g/mol. The predicted octanol–water partition coefficient (Wildman–Crippen LogP) is 4.48. The molecule has 2 aromatic carbocycles. The maximum atomic E-state index is 13.1. The molecule has 1 saturated heterocycles. The van der Waals surface area contributed by atoms with E-state index in [9.17, 15) is 9.59 Å². The topological polar surface area (TPSA) is 58.6 Å². The molecule has 1 aliphatic heterocycles. The number of aryl methyl sites for hydroxylation is 1. The van der Waals surface area contributed by atoms with Crippen LogP contribution in [-0.2, 0) is 16.1 Å². The Morgan fingerprint density at radius 1 is 1.13 bits per heavy atom. The van der Waals surface area contributed by atoms with E-state index in [0.29, 0.717) is 6.54 Å². The van der Waals surface area contributed by atoms with Gasteiger partial charge in [0.15, 0.2) is 0 Å². The molecule has 154 valence electrons. The molecule has 30 heavy (non-hydrogen) atoms. The summed E-state index contributed by atoms with van der Waals surface area (Å²) in [6, 6.07) is 19.1. The average molecular weight is 421 g/mol. The van der Waals surface area contributed by atoms with E-state index in [4.69, 9.17) is 4.74 Å². The highest BCUT2D eigenvalue weighted by Gasteiger charge is 2.45. The summed E-state index contributed by atoms with van der Waals surface area (Å²) in [5, 5.41) is 5.00. The van der Waals surface area contributed by atoms with Crippen LogP contribution >= 0.6 is 11.3 Å². The van der Waals surface area contributed by atoms with Crippen molar-refractivity contribution in [2.45, 2.75) is 25.9 Å². The average Bonchev–Trinajstić information content (AvgIpc) is 3.41. The van der Waals surface area contributed by atoms with E-state index in [-0.39, 0.29) is 24.3 Å². The molecule has 6 heteroatoms. The fraction of sp³-hybridized carbons (Fsp3) is 0.250. The summed E-state index contributed by atoms with van der Waals surface area (Å²) < 4.78 is 5.18. The third-order valence-electron chi connectivity index (χ3n) is 5.43. The van der Waals surface area contributed by atoms with E-state index >= 15 is 0 Å². The first-order valence-electron chi connectivity index (χ1n) is 9.89. The number of rotatable bonds is 6. The number of hydrogen-bond donors (Lipinski definition) is 1. The largest absolute Gasteiger partial charge is 0.497 e. The van der Waals surface area contributed by atoms with Gasteiger partial charge in [0.1, 0.15) is 5.75 Å². The highest BCUT2D eigenvalue weighted by Crippen LogP contribution is 2.43. The third kappa shape index (κ3) is 4.09. The van der Waals surface area contributed by atoms with Crippen LogP contribution in [0, 0.1) is 12.8 Å². The van der Waals surface area contributed by atoms with E-state index in [0.717, 1.165) is 27.4 Å². The molecule has 1 aliphatic rings. The van der Waals surface area contributed by atoms with E-state index in [1.807, 2.05) is 73.0 Å². The lowest BCUT2D eigenvalue weighted by molar-refractivity contribution is -0.126. The number of methoxy groups -OCH3 is 1. The SMILES string of the molecule is COc1ccc(CNC(=O)[C@@H]2CC(=O)N(c3ccc(C)cc3)[C@H]2c2cccs2)cc1. The summed E-state index contributed by atoms with van der Waals surface area (Å²) >= 11 is 1.58. The molecule has 2 atom stereocenters. The lowest BCUT2D eigenvalue weighted by Crippen LogP contribution is -2.35. The molecule has 2 amide bonds. The minimum absolute atomic E-state index is 0.0261. The summed E-state index contributed by atoms with van der Waals surface area (Å²) in [4.78, 5) is 28.9. The van der Waals surface area contributed by atoms with Gasteiger partial charge in [-0.25, -0.2) is 0 Å². The number of ether oxygens (including phenoxy) is 1. The Labute approximate surface area is 180 Å². The summed E-state index contributed by atoms with van der Waals surface area (Å²) in [7, 11) is 1.62. The number of nitrogens with one attached hydrogen (secondary N) is 1. The summed E-state index contributed by atoms with van der Waals surface area (Å²) in [6.07, 6.45) is 0.199. The number of hydrogen-bond acceptors (Lipinski definition) is 4. The molecule has 5 nitrogen and oxygen atoms in total. The molecule has 0 radical (unpaired) electrons. The number of thiophene rings is 1. The van der Waals surface area contributed by atoms with E-state index in [2.05, 4.69) is 5.32 Å². The molecule has 4 rings (SSSR count). The van der Waals surface area contributed by atoms with Gasteiger partial charge in [-0.3, -0.25) is 9.59 Å². The van der Waals surface area contributed by atoms with Gasteiger partial charge in [-0.2, -0.15) is 0 Å². The standard InChI is InChI=1S/C24H24N2O3S/c1-16-5-9-18(10-6-16)26-22(27)14-20(23(26)21-4-3-13-30-21)24(28)25-15-17-7-11-19(29-2)12-8-17/h3-13,20,23H,14-15H2,1-2H3,(H,25,28)/t20-,23-/m1/s1. The first kappa shape index (κ1) is 20.2. The molecule has 1 aromatic heterocycles. The van der Waals surface area contributed by atoms with Crippen molar-refractivity contribution < 1.29 is 14.3 Å². The van der Waals surface area contributed by atoms with Crippen LogP contribution in [-0.4, -0.2) is 18.9 Å². The fourth-order valence-electron chi connectivity index (χ4n) is 3.83. The normalized spacial score (nSPS) is 18.5. The minimum atomic E-state index is -0.435. The van der Waals surface area contributed by atoms with E-state index in [1.165, 1.54) is 0 Å². The number of carbonyl (C=O) groups is 2. The van der Waals surface area contributed by atoms with Crippen LogP contribution in [0.15, 0.2) is 66.0 Å². The van der Waals surface area contributed by atoms with Gasteiger partial charge in [-0.05, 0) is 48.2 Å². The number of amides is 2. The van der Waals surface area contributed by atoms with Gasteiger partial charge in [-0.15, -0.1) is 11.3 Å². The quantitative estimate of drug-likeness (QED) is 0.640. The predicted molar refractivity (Wildman–Crippen MR) is 119 cm³/mol. The maximum Gasteiger partial charge on any atom is 0.228 e. The number of anilines is 1. The van der Waals surface area contributed by atoms with Crippen molar-refractivity contribution in [1.82, 2.24) is 5.32 Å². The molecule has 0 aliphatic carbocycles. The molecular weight excluding hydrogens is 396 g/mol. The Morgan fingerprint density at radius 2 is 1.87 bits per heavy atom. The summed E-state index contributed by atoms with van der Waals surface area (Å²) in [6.45, 7) is 2.43. The van der Waals surface area contributed by atoms with Gasteiger partial charge in [0, 0.05) is 23.5 Å². The van der Waals surface area contributed by atoms with Crippen molar-refractivity contribution in [3.8, 4) is 5.75 Å². The third-order valence-corrected chi connectivity index (χ3v) is 6.37. The summed E-state index contributed by atoms with van der Waals surface area (Å²) in [5.41, 5.74) is 2.94. The van der Waals surface area contributed by atoms with Crippen molar-refractivity contribution in [3.05, 3.63) is 82.0 Å². The number of nitrogens with zero attached hydrogens (tertiary/aromatic N) is 1. The Morgan fingerprint density at radius 3 is 2.50 bits per heavy atom. The summed E-state index contributed by atoms with van der Waals surface area (Å²) in [5.74, 6) is 0.211. The smallest absolute Gasteiger partial charge is 0.228 e. The first-order chi connectivity index (χ1) is 14.6. The second-order valence-electron chi connectivity index (χ2n) is 7.44. The van der Waals surface area contributed by atoms with Crippen LogP contribution in [0.2, 0.25) is 0 Å². The van der Waals surface area contributed by atoms with E-state index < -0.39 is 5.92 Å². The lowest BCUT2D eigenvalue weighted by atomic mass is 9.97. The van der Waals surface area contributed by atoms with Gasteiger partial charge in [0.25, 0.3) is 0 Å². The maximum absolute atomic E-state index is 13.1. The van der Waals surface area contributed by atoms with Crippen molar-refractivity contribution in [1.29, 1.82) is 0 Å². The highest BCUT2D eigenvalue weighted by atomic mass is 32.1. The van der Waals surface area contributed by atoms with Crippen LogP contribution < -0.4 is 15.0 Å². The van der Waals surface area contributed by atoms with Crippen molar-refractivity contribution in [2.75, 3.05) is 12.0 Å². The van der Waals surface area contributed by atoms with Gasteiger partial charge >= 0.3 is 0 Å². The van der Waals surface area contributed by atoms with Crippen LogP contribution in [0.4, 0.5) is 5.69 Å². The van der Waals surface area contributed by atoms with E-state index in [1.54, 1.807) is 23.3 Å². The van der Waals surface area contributed by atoms with Gasteiger partial charge in [0.2, 0.25) is 11.8 Å². The molecular formula is C24H24N2O3S. The Balaban J connectivity index is 1.55. The van der Waals surface area contributed by atoms with Crippen molar-refractivity contribution in [3.63, 3.8) is 0 Å². The first-order valence-corrected chi connectivity index (χ1v) is 10.8. The molecule has 0 saturated carbocycles. The van der Waals surface area contributed by atoms with Crippen LogP contribution in [0.3, 0.4) is 0 Å². The number of carbonyl (C=O) groups excluding carboxylic acids is 2. The van der Waals surface area contributed by atoms with Crippen LogP contribution in [0.1, 0.15) is 28.5 Å². The second kappa shape index (κ2) is 8.71. The Hall–Kier alpha value is -3.12. The van der Waals surface area contributed by atoms with Crippen molar-refractivity contribution >= 4 is 28.8 Å². The molecule has 1 fully saturated rings. The minimum Gasteiger partial charge on any atom is -0.497 e.